The molecule has 1 unspecified atom stereocenters. The lowest BCUT2D eigenvalue weighted by molar-refractivity contribution is -0.297. The van der Waals surface area contributed by atoms with E-state index in [2.05, 4.69) is 15.9 Å². The monoisotopic (exact) mass is 496 g/mol. The minimum absolute atomic E-state index is 0.00597. The molecule has 28 heavy (non-hydrogen) atoms. The van der Waals surface area contributed by atoms with Gasteiger partial charge in [-0.3, -0.25) is 10.6 Å². The third-order valence-electron chi connectivity index (χ3n) is 4.20. The summed E-state index contributed by atoms with van der Waals surface area (Å²) in [5.41, 5.74) is 6.10. The minimum atomic E-state index is -3.73. The van der Waals surface area contributed by atoms with E-state index in [-0.39, 0.29) is 33.5 Å². The van der Waals surface area contributed by atoms with Crippen LogP contribution in [-0.2, 0) is 15.1 Å². The van der Waals surface area contributed by atoms with Crippen molar-refractivity contribution >= 4 is 49.4 Å². The zero-order chi connectivity index (χ0) is 20.6. The van der Waals surface area contributed by atoms with Crippen LogP contribution < -0.4 is 15.9 Å². The molecule has 2 aliphatic heterocycles. The Hall–Kier alpha value is -1.42. The van der Waals surface area contributed by atoms with Crippen LogP contribution in [0.15, 0.2) is 33.4 Å². The number of benzene rings is 1. The van der Waals surface area contributed by atoms with Gasteiger partial charge in [-0.1, -0.05) is 5.23 Å². The van der Waals surface area contributed by atoms with Crippen LogP contribution in [0, 0.1) is 17.1 Å². The van der Waals surface area contributed by atoms with Gasteiger partial charge in [-0.2, -0.15) is 17.8 Å². The first-order valence-corrected chi connectivity index (χ1v) is 11.3. The zero-order valence-electron chi connectivity index (χ0n) is 14.4. The molecule has 0 amide bonds. The van der Waals surface area contributed by atoms with Crippen molar-refractivity contribution in [2.24, 2.45) is 16.8 Å². The third kappa shape index (κ3) is 4.42. The van der Waals surface area contributed by atoms with Gasteiger partial charge in [0, 0.05) is 18.8 Å². The van der Waals surface area contributed by atoms with Crippen molar-refractivity contribution in [3.05, 3.63) is 39.2 Å². The molecule has 1 aromatic rings. The van der Waals surface area contributed by atoms with E-state index >= 15 is 0 Å². The van der Waals surface area contributed by atoms with Crippen LogP contribution >= 0.6 is 27.7 Å². The number of amidine groups is 1. The maximum atomic E-state index is 13.5. The number of rotatable bonds is 6. The van der Waals surface area contributed by atoms with Crippen LogP contribution in [0.3, 0.4) is 0 Å². The van der Waals surface area contributed by atoms with Crippen molar-refractivity contribution in [2.75, 3.05) is 23.9 Å². The first-order valence-electron chi connectivity index (χ1n) is 7.99. The Morgan fingerprint density at radius 1 is 1.50 bits per heavy atom. The standard InChI is InChI=1S/C14H18BrFN6O4S2/c15-10-5-9(1-2-11(10)16)21-12(13(17)18)14(22(23)26-21)27-7-8-3-4-20(6-8)28(19,24)25/h1-2,5,8,23H,3-4,6-7H2,(H3,17,18)(H2,19,24,25). The zero-order valence-corrected chi connectivity index (χ0v) is 17.6. The molecule has 10 nitrogen and oxygen atoms in total. The summed E-state index contributed by atoms with van der Waals surface area (Å²) in [5, 5.41) is 24.9. The number of thioether (sulfide) groups is 1. The van der Waals surface area contributed by atoms with Gasteiger partial charge in [0.1, 0.15) is 17.3 Å². The van der Waals surface area contributed by atoms with Crippen LogP contribution in [-0.4, -0.2) is 47.8 Å². The summed E-state index contributed by atoms with van der Waals surface area (Å²) >= 11 is 4.24. The molecule has 6 N–H and O–H groups in total. The van der Waals surface area contributed by atoms with Gasteiger partial charge < -0.3 is 5.73 Å². The molecular formula is C14H18BrFN6O4S2. The van der Waals surface area contributed by atoms with E-state index in [1.54, 1.807) is 0 Å². The predicted octanol–water partition coefficient (Wildman–Crippen LogP) is 1.31. The van der Waals surface area contributed by atoms with E-state index in [0.29, 0.717) is 29.6 Å². The number of hydrogen-bond acceptors (Lipinski definition) is 8. The molecule has 1 aromatic carbocycles. The molecule has 154 valence electrons. The van der Waals surface area contributed by atoms with Gasteiger partial charge in [0.15, 0.2) is 5.03 Å². The fraction of sp³-hybridized carbons (Fsp3) is 0.357. The Morgan fingerprint density at radius 3 is 2.79 bits per heavy atom. The van der Waals surface area contributed by atoms with Gasteiger partial charge in [-0.25, -0.2) is 9.53 Å². The summed E-state index contributed by atoms with van der Waals surface area (Å²) in [4.78, 5) is 5.26. The van der Waals surface area contributed by atoms with Crippen molar-refractivity contribution in [1.82, 2.24) is 9.53 Å². The van der Waals surface area contributed by atoms with Gasteiger partial charge in [-0.15, -0.1) is 16.7 Å². The molecule has 0 aromatic heterocycles. The molecule has 0 radical (unpaired) electrons. The van der Waals surface area contributed by atoms with E-state index in [9.17, 15) is 18.0 Å². The fourth-order valence-electron chi connectivity index (χ4n) is 2.83. The highest BCUT2D eigenvalue weighted by molar-refractivity contribution is 9.10. The Bertz CT molecular complexity index is 930. The first-order chi connectivity index (χ1) is 13.1. The van der Waals surface area contributed by atoms with Crippen LogP contribution in [0.1, 0.15) is 6.42 Å². The lowest BCUT2D eigenvalue weighted by Gasteiger charge is -2.18. The van der Waals surface area contributed by atoms with E-state index in [4.69, 9.17) is 21.2 Å². The molecule has 0 bridgehead atoms. The number of halogens is 2. The Labute approximate surface area is 173 Å². The molecular weight excluding hydrogens is 479 g/mol. The minimum Gasteiger partial charge on any atom is -0.382 e. The number of nitrogens with one attached hydrogen (secondary N) is 1. The Morgan fingerprint density at radius 2 is 2.21 bits per heavy atom. The molecule has 3 rings (SSSR count). The largest absolute Gasteiger partial charge is 0.382 e. The average molecular weight is 497 g/mol. The number of hydroxylamine groups is 3. The van der Waals surface area contributed by atoms with Crippen LogP contribution in [0.25, 0.3) is 0 Å². The van der Waals surface area contributed by atoms with Gasteiger partial charge in [0.25, 0.3) is 10.2 Å². The lowest BCUT2D eigenvalue weighted by atomic mass is 10.2. The number of anilines is 1. The molecule has 0 aliphatic carbocycles. The Balaban J connectivity index is 1.78. The summed E-state index contributed by atoms with van der Waals surface area (Å²) < 4.78 is 37.7. The highest BCUT2D eigenvalue weighted by Gasteiger charge is 2.36. The summed E-state index contributed by atoms with van der Waals surface area (Å²) in [5.74, 6) is -0.393. The number of nitrogens with two attached hydrogens (primary N) is 2. The number of hydrogen-bond donors (Lipinski definition) is 4. The molecule has 1 saturated heterocycles. The quantitative estimate of drug-likeness (QED) is 0.340. The molecule has 0 spiro atoms. The number of nitrogens with zero attached hydrogens (tertiary/aromatic N) is 3. The highest BCUT2D eigenvalue weighted by Crippen LogP contribution is 2.38. The molecule has 0 saturated carbocycles. The van der Waals surface area contributed by atoms with Crippen LogP contribution in [0.5, 0.6) is 0 Å². The summed E-state index contributed by atoms with van der Waals surface area (Å²) in [6.45, 7) is 0.604. The van der Waals surface area contributed by atoms with Crippen molar-refractivity contribution < 1.29 is 23.0 Å². The average Bonchev–Trinajstić information content (AvgIpc) is 3.20. The van der Waals surface area contributed by atoms with Crippen molar-refractivity contribution in [1.29, 1.82) is 5.41 Å². The molecule has 1 atom stereocenters. The van der Waals surface area contributed by atoms with Crippen molar-refractivity contribution in [2.45, 2.75) is 6.42 Å². The maximum Gasteiger partial charge on any atom is 0.276 e. The lowest BCUT2D eigenvalue weighted by Crippen LogP contribution is -2.34. The second-order valence-electron chi connectivity index (χ2n) is 6.18. The predicted molar refractivity (Wildman–Crippen MR) is 105 cm³/mol. The van der Waals surface area contributed by atoms with E-state index < -0.39 is 16.0 Å². The van der Waals surface area contributed by atoms with Crippen LogP contribution in [0.4, 0.5) is 10.1 Å². The normalized spacial score (nSPS) is 21.1. The van der Waals surface area contributed by atoms with E-state index in [0.717, 1.165) is 16.8 Å². The summed E-state index contributed by atoms with van der Waals surface area (Å²) in [6, 6.07) is 4.03. The smallest absolute Gasteiger partial charge is 0.276 e. The molecule has 2 heterocycles. The fourth-order valence-corrected chi connectivity index (χ4v) is 5.11. The summed E-state index contributed by atoms with van der Waals surface area (Å²) in [7, 11) is -3.73. The summed E-state index contributed by atoms with van der Waals surface area (Å²) in [6.07, 6.45) is 0.618. The first kappa shape index (κ1) is 21.3. The van der Waals surface area contributed by atoms with Gasteiger partial charge in [-0.05, 0) is 46.5 Å². The van der Waals surface area contributed by atoms with Crippen molar-refractivity contribution in [3.63, 3.8) is 0 Å². The van der Waals surface area contributed by atoms with E-state index in [1.807, 2.05) is 0 Å². The molecule has 14 heteroatoms. The van der Waals surface area contributed by atoms with Crippen LogP contribution in [0.2, 0.25) is 0 Å². The SMILES string of the molecule is N=C(N)C1=C(SCC2CCN(S(N)(=O)=O)C2)N(O)ON1c1ccc(F)c(Br)c1. The maximum absolute atomic E-state index is 13.5. The van der Waals surface area contributed by atoms with Gasteiger partial charge in [0.2, 0.25) is 0 Å². The van der Waals surface area contributed by atoms with Crippen molar-refractivity contribution in [3.8, 4) is 0 Å². The molecule has 2 aliphatic rings. The molecule has 1 fully saturated rings. The second-order valence-corrected chi connectivity index (χ2v) is 9.59. The van der Waals surface area contributed by atoms with Gasteiger partial charge >= 0.3 is 0 Å². The third-order valence-corrected chi connectivity index (χ3v) is 7.12. The van der Waals surface area contributed by atoms with E-state index in [1.165, 1.54) is 22.5 Å². The topological polar surface area (TPSA) is 149 Å². The highest BCUT2D eigenvalue weighted by atomic mass is 79.9. The van der Waals surface area contributed by atoms with Gasteiger partial charge in [0.05, 0.1) is 10.2 Å². The second kappa shape index (κ2) is 8.14. The Kier molecular flexibility index (Phi) is 6.19.